The van der Waals surface area contributed by atoms with E-state index >= 15 is 0 Å². The highest BCUT2D eigenvalue weighted by molar-refractivity contribution is 5.97. The molecule has 1 saturated heterocycles. The van der Waals surface area contributed by atoms with E-state index in [1.165, 1.54) is 0 Å². The average molecular weight is 262 g/mol. The van der Waals surface area contributed by atoms with Crippen molar-refractivity contribution in [3.8, 4) is 5.75 Å². The zero-order valence-electron chi connectivity index (χ0n) is 11.7. The van der Waals surface area contributed by atoms with Crippen molar-refractivity contribution in [2.45, 2.75) is 25.8 Å². The van der Waals surface area contributed by atoms with E-state index in [0.717, 1.165) is 32.5 Å². The summed E-state index contributed by atoms with van der Waals surface area (Å²) in [6.07, 6.45) is 2.20. The Balaban J connectivity index is 2.10. The van der Waals surface area contributed by atoms with Gasteiger partial charge < -0.3 is 15.0 Å². The van der Waals surface area contributed by atoms with E-state index in [1.54, 1.807) is 7.11 Å². The van der Waals surface area contributed by atoms with Crippen LogP contribution in [-0.2, 0) is 0 Å². The van der Waals surface area contributed by atoms with Crippen LogP contribution in [-0.4, -0.2) is 43.6 Å². The van der Waals surface area contributed by atoms with Crippen LogP contribution in [0.1, 0.15) is 30.1 Å². The first-order valence-electron chi connectivity index (χ1n) is 6.92. The van der Waals surface area contributed by atoms with E-state index < -0.39 is 0 Å². The number of benzene rings is 1. The van der Waals surface area contributed by atoms with Crippen LogP contribution < -0.4 is 10.1 Å². The fraction of sp³-hybridized carbons (Fsp3) is 0.533. The second-order valence-corrected chi connectivity index (χ2v) is 4.85. The molecule has 0 aliphatic carbocycles. The first-order chi connectivity index (χ1) is 9.26. The number of carbonyl (C=O) groups excluding carboxylic acids is 1. The van der Waals surface area contributed by atoms with Crippen molar-refractivity contribution in [2.24, 2.45) is 0 Å². The standard InChI is InChI=1S/C15H22N2O2/c1-3-16-12-7-6-10-17(11-12)15(18)13-8-4-5-9-14(13)19-2/h4-5,8-9,12,16H,3,6-7,10-11H2,1-2H3. The van der Waals surface area contributed by atoms with Crippen molar-refractivity contribution in [1.29, 1.82) is 0 Å². The topological polar surface area (TPSA) is 41.6 Å². The molecule has 2 rings (SSSR count). The van der Waals surface area contributed by atoms with E-state index in [4.69, 9.17) is 4.74 Å². The van der Waals surface area contributed by atoms with Crippen LogP contribution in [0.25, 0.3) is 0 Å². The molecule has 1 aromatic rings. The lowest BCUT2D eigenvalue weighted by Crippen LogP contribution is -2.48. The summed E-state index contributed by atoms with van der Waals surface area (Å²) < 4.78 is 5.27. The summed E-state index contributed by atoms with van der Waals surface area (Å²) in [4.78, 5) is 14.5. The Bertz CT molecular complexity index is 432. The number of carbonyl (C=O) groups is 1. The van der Waals surface area contributed by atoms with Crippen molar-refractivity contribution >= 4 is 5.91 Å². The Morgan fingerprint density at radius 3 is 3.00 bits per heavy atom. The van der Waals surface area contributed by atoms with E-state index in [9.17, 15) is 4.79 Å². The van der Waals surface area contributed by atoms with Crippen molar-refractivity contribution in [3.05, 3.63) is 29.8 Å². The van der Waals surface area contributed by atoms with Gasteiger partial charge >= 0.3 is 0 Å². The van der Waals surface area contributed by atoms with Crippen LogP contribution in [0.4, 0.5) is 0 Å². The molecule has 1 atom stereocenters. The Morgan fingerprint density at radius 2 is 2.26 bits per heavy atom. The number of nitrogens with zero attached hydrogens (tertiary/aromatic N) is 1. The van der Waals surface area contributed by atoms with Gasteiger partial charge in [-0.1, -0.05) is 19.1 Å². The van der Waals surface area contributed by atoms with E-state index in [0.29, 0.717) is 17.4 Å². The SMILES string of the molecule is CCNC1CCCN(C(=O)c2ccccc2OC)C1. The molecular formula is C15H22N2O2. The monoisotopic (exact) mass is 262 g/mol. The molecule has 1 N–H and O–H groups in total. The summed E-state index contributed by atoms with van der Waals surface area (Å²) in [5.41, 5.74) is 0.655. The molecule has 4 nitrogen and oxygen atoms in total. The molecule has 1 heterocycles. The summed E-state index contributed by atoms with van der Waals surface area (Å²) in [6.45, 7) is 4.66. The highest BCUT2D eigenvalue weighted by Gasteiger charge is 2.25. The molecule has 1 amide bonds. The number of ether oxygens (including phenoxy) is 1. The van der Waals surface area contributed by atoms with Crippen LogP contribution in [0.3, 0.4) is 0 Å². The predicted molar refractivity (Wildman–Crippen MR) is 75.6 cm³/mol. The molecule has 4 heteroatoms. The first-order valence-corrected chi connectivity index (χ1v) is 6.92. The zero-order chi connectivity index (χ0) is 13.7. The summed E-state index contributed by atoms with van der Waals surface area (Å²) in [6, 6.07) is 7.84. The molecule has 1 aromatic carbocycles. The molecule has 104 valence electrons. The lowest BCUT2D eigenvalue weighted by Gasteiger charge is -2.33. The van der Waals surface area contributed by atoms with Gasteiger partial charge in [0.2, 0.25) is 0 Å². The quantitative estimate of drug-likeness (QED) is 0.901. The van der Waals surface area contributed by atoms with Crippen molar-refractivity contribution in [2.75, 3.05) is 26.7 Å². The first kappa shape index (κ1) is 13.9. The summed E-state index contributed by atoms with van der Waals surface area (Å²) in [5.74, 6) is 0.720. The minimum absolute atomic E-state index is 0.0695. The van der Waals surface area contributed by atoms with Gasteiger partial charge in [0, 0.05) is 19.1 Å². The smallest absolute Gasteiger partial charge is 0.257 e. The van der Waals surface area contributed by atoms with Gasteiger partial charge in [-0.05, 0) is 31.5 Å². The molecule has 0 aromatic heterocycles. The van der Waals surface area contributed by atoms with E-state index in [2.05, 4.69) is 12.2 Å². The number of methoxy groups -OCH3 is 1. The number of likely N-dealkylation sites (tertiary alicyclic amines) is 1. The molecular weight excluding hydrogens is 240 g/mol. The minimum Gasteiger partial charge on any atom is -0.496 e. The molecule has 1 aliphatic heterocycles. The number of nitrogens with one attached hydrogen (secondary N) is 1. The van der Waals surface area contributed by atoms with Gasteiger partial charge in [-0.25, -0.2) is 0 Å². The summed E-state index contributed by atoms with van der Waals surface area (Å²) in [5, 5.41) is 3.42. The number of para-hydroxylation sites is 1. The Hall–Kier alpha value is -1.55. The second kappa shape index (κ2) is 6.57. The van der Waals surface area contributed by atoms with Gasteiger partial charge in [0.15, 0.2) is 0 Å². The maximum absolute atomic E-state index is 12.5. The van der Waals surface area contributed by atoms with Crippen LogP contribution in [0.5, 0.6) is 5.75 Å². The Morgan fingerprint density at radius 1 is 1.47 bits per heavy atom. The molecule has 0 radical (unpaired) electrons. The number of piperidine rings is 1. The zero-order valence-corrected chi connectivity index (χ0v) is 11.7. The summed E-state index contributed by atoms with van der Waals surface area (Å²) in [7, 11) is 1.60. The maximum Gasteiger partial charge on any atom is 0.257 e. The lowest BCUT2D eigenvalue weighted by atomic mass is 10.0. The number of hydrogen-bond donors (Lipinski definition) is 1. The van der Waals surface area contributed by atoms with Crippen LogP contribution >= 0.6 is 0 Å². The molecule has 1 unspecified atom stereocenters. The van der Waals surface area contributed by atoms with Gasteiger partial charge in [0.05, 0.1) is 12.7 Å². The molecule has 1 aliphatic rings. The van der Waals surface area contributed by atoms with Gasteiger partial charge in [-0.2, -0.15) is 0 Å². The van der Waals surface area contributed by atoms with Crippen LogP contribution in [0.15, 0.2) is 24.3 Å². The lowest BCUT2D eigenvalue weighted by molar-refractivity contribution is 0.0692. The normalized spacial score (nSPS) is 19.3. The molecule has 0 bridgehead atoms. The van der Waals surface area contributed by atoms with Gasteiger partial charge in [0.1, 0.15) is 5.75 Å². The van der Waals surface area contributed by atoms with Crippen molar-refractivity contribution in [1.82, 2.24) is 10.2 Å². The van der Waals surface area contributed by atoms with Crippen LogP contribution in [0, 0.1) is 0 Å². The number of likely N-dealkylation sites (N-methyl/N-ethyl adjacent to an activating group) is 1. The third-order valence-corrected chi connectivity index (χ3v) is 3.54. The largest absolute Gasteiger partial charge is 0.496 e. The third kappa shape index (κ3) is 3.26. The molecule has 0 saturated carbocycles. The Labute approximate surface area is 114 Å². The Kier molecular flexibility index (Phi) is 4.80. The fourth-order valence-electron chi connectivity index (χ4n) is 2.61. The minimum atomic E-state index is 0.0695. The van der Waals surface area contributed by atoms with Gasteiger partial charge in [-0.15, -0.1) is 0 Å². The molecule has 19 heavy (non-hydrogen) atoms. The highest BCUT2D eigenvalue weighted by atomic mass is 16.5. The number of rotatable bonds is 4. The number of amides is 1. The molecule has 1 fully saturated rings. The fourth-order valence-corrected chi connectivity index (χ4v) is 2.61. The van der Waals surface area contributed by atoms with Gasteiger partial charge in [0.25, 0.3) is 5.91 Å². The maximum atomic E-state index is 12.5. The van der Waals surface area contributed by atoms with Crippen molar-refractivity contribution < 1.29 is 9.53 Å². The van der Waals surface area contributed by atoms with E-state index in [-0.39, 0.29) is 5.91 Å². The van der Waals surface area contributed by atoms with E-state index in [1.807, 2.05) is 29.2 Å². The van der Waals surface area contributed by atoms with Crippen molar-refractivity contribution in [3.63, 3.8) is 0 Å². The third-order valence-electron chi connectivity index (χ3n) is 3.54. The summed E-state index contributed by atoms with van der Waals surface area (Å²) >= 11 is 0. The average Bonchev–Trinajstić information content (AvgIpc) is 2.47. The van der Waals surface area contributed by atoms with Crippen LogP contribution in [0.2, 0.25) is 0 Å². The predicted octanol–water partition coefficient (Wildman–Crippen LogP) is 1.91. The number of hydrogen-bond acceptors (Lipinski definition) is 3. The van der Waals surface area contributed by atoms with Gasteiger partial charge in [-0.3, -0.25) is 4.79 Å². The second-order valence-electron chi connectivity index (χ2n) is 4.85. The highest BCUT2D eigenvalue weighted by Crippen LogP contribution is 2.21. The molecule has 0 spiro atoms.